The van der Waals surface area contributed by atoms with Gasteiger partial charge in [0, 0.05) is 25.7 Å². The van der Waals surface area contributed by atoms with Gasteiger partial charge in [0.1, 0.15) is 5.75 Å². The Bertz CT molecular complexity index is 370. The van der Waals surface area contributed by atoms with Crippen LogP contribution in [0.4, 0.5) is 0 Å². The van der Waals surface area contributed by atoms with Crippen molar-refractivity contribution in [3.8, 4) is 5.75 Å². The van der Waals surface area contributed by atoms with Gasteiger partial charge in [0.05, 0.1) is 11.6 Å². The minimum Gasteiger partial charge on any atom is -0.496 e. The number of rotatable bonds is 2. The third-order valence-corrected chi connectivity index (χ3v) is 3.93. The van der Waals surface area contributed by atoms with Crippen LogP contribution in [0, 0.1) is 0 Å². The maximum absolute atomic E-state index is 5.33. The van der Waals surface area contributed by atoms with Crippen LogP contribution in [0.15, 0.2) is 22.7 Å². The molecule has 0 radical (unpaired) electrons. The van der Waals surface area contributed by atoms with Gasteiger partial charge in [-0.3, -0.25) is 4.90 Å². The van der Waals surface area contributed by atoms with E-state index < -0.39 is 0 Å². The fraction of sp³-hybridized carbons (Fsp3) is 0.500. The first-order valence-electron chi connectivity index (χ1n) is 5.47. The Morgan fingerprint density at radius 2 is 2.31 bits per heavy atom. The molecule has 3 nitrogen and oxygen atoms in total. The summed E-state index contributed by atoms with van der Waals surface area (Å²) in [5.74, 6) is 0.900. The summed E-state index contributed by atoms with van der Waals surface area (Å²) in [6.45, 7) is 3.13. The molecule has 0 amide bonds. The number of nitrogens with one attached hydrogen (secondary N) is 1. The number of benzene rings is 1. The van der Waals surface area contributed by atoms with Gasteiger partial charge >= 0.3 is 0 Å². The lowest BCUT2D eigenvalue weighted by Crippen LogP contribution is -2.43. The van der Waals surface area contributed by atoms with Crippen LogP contribution < -0.4 is 10.1 Å². The molecule has 0 spiro atoms. The molecule has 1 aromatic carbocycles. The van der Waals surface area contributed by atoms with Gasteiger partial charge in [-0.25, -0.2) is 0 Å². The number of hydrogen-bond acceptors (Lipinski definition) is 3. The zero-order chi connectivity index (χ0) is 11.5. The van der Waals surface area contributed by atoms with Gasteiger partial charge < -0.3 is 10.1 Å². The van der Waals surface area contributed by atoms with E-state index in [0.717, 1.165) is 29.9 Å². The van der Waals surface area contributed by atoms with Gasteiger partial charge in [-0.15, -0.1) is 0 Å². The van der Waals surface area contributed by atoms with Crippen molar-refractivity contribution in [1.29, 1.82) is 0 Å². The van der Waals surface area contributed by atoms with E-state index in [4.69, 9.17) is 4.74 Å². The Kier molecular flexibility index (Phi) is 3.84. The van der Waals surface area contributed by atoms with Crippen LogP contribution in [-0.2, 0) is 0 Å². The van der Waals surface area contributed by atoms with E-state index in [-0.39, 0.29) is 0 Å². The molecule has 1 fully saturated rings. The quantitative estimate of drug-likeness (QED) is 0.900. The van der Waals surface area contributed by atoms with E-state index in [1.807, 2.05) is 12.1 Å². The molecular formula is C12H17BrN2O. The van der Waals surface area contributed by atoms with E-state index in [1.54, 1.807) is 7.11 Å². The number of likely N-dealkylation sites (N-methyl/N-ethyl adjacent to an activating group) is 1. The van der Waals surface area contributed by atoms with Crippen molar-refractivity contribution in [1.82, 2.24) is 10.2 Å². The number of nitrogens with zero attached hydrogens (tertiary/aromatic N) is 1. The second kappa shape index (κ2) is 5.17. The van der Waals surface area contributed by atoms with Gasteiger partial charge in [-0.2, -0.15) is 0 Å². The molecule has 0 aliphatic carbocycles. The van der Waals surface area contributed by atoms with Gasteiger partial charge in [0.2, 0.25) is 0 Å². The van der Waals surface area contributed by atoms with Crippen molar-refractivity contribution >= 4 is 15.9 Å². The molecule has 1 aromatic rings. The molecule has 1 aliphatic heterocycles. The maximum Gasteiger partial charge on any atom is 0.133 e. The van der Waals surface area contributed by atoms with Crippen molar-refractivity contribution in [2.45, 2.75) is 6.04 Å². The van der Waals surface area contributed by atoms with Crippen molar-refractivity contribution in [2.75, 3.05) is 33.8 Å². The highest BCUT2D eigenvalue weighted by atomic mass is 79.9. The van der Waals surface area contributed by atoms with Crippen molar-refractivity contribution < 1.29 is 4.74 Å². The SMILES string of the molecule is COc1cccc(C2CNCCN2C)c1Br. The minimum absolute atomic E-state index is 0.415. The maximum atomic E-state index is 5.33. The number of ether oxygens (including phenoxy) is 1. The van der Waals surface area contributed by atoms with E-state index in [1.165, 1.54) is 5.56 Å². The molecule has 88 valence electrons. The predicted molar refractivity (Wildman–Crippen MR) is 68.9 cm³/mol. The van der Waals surface area contributed by atoms with E-state index >= 15 is 0 Å². The molecule has 0 saturated carbocycles. The summed E-state index contributed by atoms with van der Waals surface area (Å²) in [5, 5.41) is 3.43. The zero-order valence-corrected chi connectivity index (χ0v) is 11.3. The average Bonchev–Trinajstić information content (AvgIpc) is 2.31. The Morgan fingerprint density at radius 1 is 1.50 bits per heavy atom. The molecule has 1 unspecified atom stereocenters. The second-order valence-corrected chi connectivity index (χ2v) is 4.86. The van der Waals surface area contributed by atoms with Gasteiger partial charge in [0.25, 0.3) is 0 Å². The second-order valence-electron chi connectivity index (χ2n) is 4.06. The normalized spacial score (nSPS) is 22.1. The predicted octanol–water partition coefficient (Wildman–Crippen LogP) is 2.03. The van der Waals surface area contributed by atoms with Gasteiger partial charge in [-0.1, -0.05) is 12.1 Å². The molecule has 1 N–H and O–H groups in total. The van der Waals surface area contributed by atoms with Crippen molar-refractivity contribution in [3.63, 3.8) is 0 Å². The summed E-state index contributed by atoms with van der Waals surface area (Å²) in [6, 6.07) is 6.59. The largest absolute Gasteiger partial charge is 0.496 e. The first-order valence-corrected chi connectivity index (χ1v) is 6.26. The summed E-state index contributed by atoms with van der Waals surface area (Å²) < 4.78 is 6.39. The molecule has 2 rings (SSSR count). The highest BCUT2D eigenvalue weighted by Crippen LogP contribution is 2.34. The monoisotopic (exact) mass is 284 g/mol. The fourth-order valence-corrected chi connectivity index (χ4v) is 2.79. The summed E-state index contributed by atoms with van der Waals surface area (Å²) >= 11 is 3.63. The average molecular weight is 285 g/mol. The lowest BCUT2D eigenvalue weighted by atomic mass is 10.0. The highest BCUT2D eigenvalue weighted by molar-refractivity contribution is 9.10. The topological polar surface area (TPSA) is 24.5 Å². The van der Waals surface area contributed by atoms with Crippen LogP contribution >= 0.6 is 15.9 Å². The highest BCUT2D eigenvalue weighted by Gasteiger charge is 2.23. The van der Waals surface area contributed by atoms with Gasteiger partial charge in [-0.05, 0) is 34.6 Å². The summed E-state index contributed by atoms with van der Waals surface area (Å²) in [5.41, 5.74) is 1.29. The Labute approximate surface area is 105 Å². The van der Waals surface area contributed by atoms with Crippen LogP contribution in [0.3, 0.4) is 0 Å². The van der Waals surface area contributed by atoms with Crippen LogP contribution in [0.2, 0.25) is 0 Å². The molecule has 1 saturated heterocycles. The van der Waals surface area contributed by atoms with Crippen LogP contribution in [-0.4, -0.2) is 38.7 Å². The van der Waals surface area contributed by atoms with Crippen LogP contribution in [0.25, 0.3) is 0 Å². The Morgan fingerprint density at radius 3 is 3.00 bits per heavy atom. The molecule has 0 bridgehead atoms. The Balaban J connectivity index is 2.31. The van der Waals surface area contributed by atoms with E-state index in [0.29, 0.717) is 6.04 Å². The fourth-order valence-electron chi connectivity index (χ4n) is 2.10. The number of piperazine rings is 1. The zero-order valence-electron chi connectivity index (χ0n) is 9.66. The van der Waals surface area contributed by atoms with Crippen molar-refractivity contribution in [2.24, 2.45) is 0 Å². The third-order valence-electron chi connectivity index (χ3n) is 3.08. The Hall–Kier alpha value is -0.580. The van der Waals surface area contributed by atoms with Crippen LogP contribution in [0.5, 0.6) is 5.75 Å². The molecule has 4 heteroatoms. The lowest BCUT2D eigenvalue weighted by molar-refractivity contribution is 0.201. The number of halogens is 1. The molecule has 1 heterocycles. The summed E-state index contributed by atoms with van der Waals surface area (Å²) in [6.07, 6.45) is 0. The summed E-state index contributed by atoms with van der Waals surface area (Å²) in [7, 11) is 3.87. The molecule has 16 heavy (non-hydrogen) atoms. The van der Waals surface area contributed by atoms with Crippen molar-refractivity contribution in [3.05, 3.63) is 28.2 Å². The molecule has 1 atom stereocenters. The van der Waals surface area contributed by atoms with Crippen LogP contribution in [0.1, 0.15) is 11.6 Å². The van der Waals surface area contributed by atoms with E-state index in [9.17, 15) is 0 Å². The first-order chi connectivity index (χ1) is 7.74. The third kappa shape index (κ3) is 2.24. The minimum atomic E-state index is 0.415. The lowest BCUT2D eigenvalue weighted by Gasteiger charge is -2.34. The molecular weight excluding hydrogens is 268 g/mol. The first kappa shape index (κ1) is 11.9. The smallest absolute Gasteiger partial charge is 0.133 e. The standard InChI is InChI=1S/C12H17BrN2O/c1-15-7-6-14-8-10(15)9-4-3-5-11(16-2)12(9)13/h3-5,10,14H,6-8H2,1-2H3. The molecule has 0 aromatic heterocycles. The van der Waals surface area contributed by atoms with E-state index in [2.05, 4.69) is 39.3 Å². The number of methoxy groups -OCH3 is 1. The van der Waals surface area contributed by atoms with Gasteiger partial charge in [0.15, 0.2) is 0 Å². The number of hydrogen-bond donors (Lipinski definition) is 1. The summed E-state index contributed by atoms with van der Waals surface area (Å²) in [4.78, 5) is 2.37. The molecule has 1 aliphatic rings.